The Morgan fingerprint density at radius 1 is 0.508 bits per heavy atom. The number of amides is 1. The van der Waals surface area contributed by atoms with Gasteiger partial charge in [0, 0.05) is 6.42 Å². The number of ether oxygens (including phenoxy) is 1. The van der Waals surface area contributed by atoms with E-state index in [1.165, 1.54) is 122 Å². The summed E-state index contributed by atoms with van der Waals surface area (Å²) in [4.78, 5) is 26.1. The number of rotatable bonds is 45. The highest BCUT2D eigenvalue weighted by atomic mass is 16.5. The summed E-state index contributed by atoms with van der Waals surface area (Å²) >= 11 is 0. The first-order valence-electron chi connectivity index (χ1n) is 25.4. The van der Waals surface area contributed by atoms with Crippen LogP contribution in [0.5, 0.6) is 0 Å². The number of unbranched alkanes of at least 4 members (excludes halogenated alkanes) is 26. The molecule has 0 aromatic heterocycles. The molecular formula is C53H97NO5. The van der Waals surface area contributed by atoms with E-state index < -0.39 is 18.2 Å². The number of carbonyl (C=O) groups is 2. The monoisotopic (exact) mass is 828 g/mol. The maximum Gasteiger partial charge on any atom is 0.306 e. The summed E-state index contributed by atoms with van der Waals surface area (Å²) < 4.78 is 5.91. The van der Waals surface area contributed by atoms with Gasteiger partial charge in [0.2, 0.25) is 5.91 Å². The third-order valence-corrected chi connectivity index (χ3v) is 11.4. The van der Waals surface area contributed by atoms with Crippen LogP contribution in [0.3, 0.4) is 0 Å². The SMILES string of the molecule is CCCCC/C=C\C/C=C\CCCCCCCC(CC(=O)NC(CO)C(O)CCCCCCCCCCC)OC(=O)CCCCC/C=C/C=C/CCCCCCCCC. The number of hydrogen-bond acceptors (Lipinski definition) is 5. The molecule has 6 nitrogen and oxygen atoms in total. The highest BCUT2D eigenvalue weighted by molar-refractivity contribution is 5.77. The first-order chi connectivity index (χ1) is 29.0. The Bertz CT molecular complexity index is 1020. The van der Waals surface area contributed by atoms with Gasteiger partial charge in [-0.2, -0.15) is 0 Å². The highest BCUT2D eigenvalue weighted by Crippen LogP contribution is 2.17. The molecule has 0 aliphatic carbocycles. The maximum absolute atomic E-state index is 13.2. The Hall–Kier alpha value is -2.18. The lowest BCUT2D eigenvalue weighted by atomic mass is 10.0. The second-order valence-electron chi connectivity index (χ2n) is 17.2. The largest absolute Gasteiger partial charge is 0.462 e. The molecule has 0 spiro atoms. The molecule has 0 aromatic carbocycles. The van der Waals surface area contributed by atoms with Crippen molar-refractivity contribution in [3.05, 3.63) is 48.6 Å². The Morgan fingerprint density at radius 2 is 0.915 bits per heavy atom. The van der Waals surface area contributed by atoms with Crippen LogP contribution in [0.1, 0.15) is 252 Å². The quantitative estimate of drug-likeness (QED) is 0.0246. The first-order valence-corrected chi connectivity index (χ1v) is 25.4. The number of aliphatic hydroxyl groups excluding tert-OH is 2. The molecule has 3 unspecified atom stereocenters. The number of allylic oxidation sites excluding steroid dienone is 8. The van der Waals surface area contributed by atoms with Crippen molar-refractivity contribution >= 4 is 11.9 Å². The third kappa shape index (κ3) is 42.3. The molecule has 0 bridgehead atoms. The molecule has 0 fully saturated rings. The normalized spacial score (nSPS) is 13.6. The van der Waals surface area contributed by atoms with Crippen LogP contribution in [0.2, 0.25) is 0 Å². The molecule has 1 amide bonds. The number of nitrogens with one attached hydrogen (secondary N) is 1. The van der Waals surface area contributed by atoms with E-state index in [-0.39, 0.29) is 24.9 Å². The van der Waals surface area contributed by atoms with Gasteiger partial charge in [-0.05, 0) is 83.5 Å². The molecule has 3 atom stereocenters. The molecule has 0 saturated carbocycles. The summed E-state index contributed by atoms with van der Waals surface area (Å²) in [6.45, 7) is 6.42. The van der Waals surface area contributed by atoms with Gasteiger partial charge in [0.15, 0.2) is 0 Å². The van der Waals surface area contributed by atoms with Gasteiger partial charge in [-0.1, -0.05) is 204 Å². The van der Waals surface area contributed by atoms with Gasteiger partial charge >= 0.3 is 5.97 Å². The van der Waals surface area contributed by atoms with Crippen LogP contribution in [-0.4, -0.2) is 46.9 Å². The number of esters is 1. The summed E-state index contributed by atoms with van der Waals surface area (Å²) in [7, 11) is 0. The van der Waals surface area contributed by atoms with Crippen LogP contribution in [0.15, 0.2) is 48.6 Å². The van der Waals surface area contributed by atoms with Crippen LogP contribution >= 0.6 is 0 Å². The molecule has 0 rings (SSSR count). The fourth-order valence-corrected chi connectivity index (χ4v) is 7.51. The molecular weight excluding hydrogens is 731 g/mol. The van der Waals surface area contributed by atoms with Crippen molar-refractivity contribution in [1.82, 2.24) is 5.32 Å². The Morgan fingerprint density at radius 3 is 1.42 bits per heavy atom. The second kappa shape index (κ2) is 46.9. The summed E-state index contributed by atoms with van der Waals surface area (Å²) in [5.41, 5.74) is 0. The van der Waals surface area contributed by atoms with Crippen LogP contribution in [0.25, 0.3) is 0 Å². The molecule has 6 heteroatoms. The molecule has 0 radical (unpaired) electrons. The predicted molar refractivity (Wildman–Crippen MR) is 255 cm³/mol. The number of carbonyl (C=O) groups excluding carboxylic acids is 2. The zero-order chi connectivity index (χ0) is 43.1. The molecule has 0 aliphatic rings. The van der Waals surface area contributed by atoms with E-state index in [9.17, 15) is 19.8 Å². The highest BCUT2D eigenvalue weighted by Gasteiger charge is 2.24. The van der Waals surface area contributed by atoms with Crippen molar-refractivity contribution in [2.75, 3.05) is 6.61 Å². The second-order valence-corrected chi connectivity index (χ2v) is 17.2. The number of hydrogen-bond donors (Lipinski definition) is 3. The Balaban J connectivity index is 4.65. The van der Waals surface area contributed by atoms with Gasteiger partial charge in [0.1, 0.15) is 6.10 Å². The molecule has 0 saturated heterocycles. The minimum atomic E-state index is -0.794. The van der Waals surface area contributed by atoms with E-state index in [2.05, 4.69) is 74.7 Å². The minimum absolute atomic E-state index is 0.0576. The van der Waals surface area contributed by atoms with E-state index in [4.69, 9.17) is 4.74 Å². The lowest BCUT2D eigenvalue weighted by molar-refractivity contribution is -0.151. The fourth-order valence-electron chi connectivity index (χ4n) is 7.51. The van der Waals surface area contributed by atoms with E-state index in [0.717, 1.165) is 83.5 Å². The molecule has 0 aliphatic heterocycles. The van der Waals surface area contributed by atoms with Crippen molar-refractivity contribution in [3.63, 3.8) is 0 Å². The first kappa shape index (κ1) is 56.8. The van der Waals surface area contributed by atoms with Crippen LogP contribution in [0.4, 0.5) is 0 Å². The van der Waals surface area contributed by atoms with Crippen LogP contribution < -0.4 is 5.32 Å². The zero-order valence-electron chi connectivity index (χ0n) is 39.1. The average Bonchev–Trinajstić information content (AvgIpc) is 3.23. The van der Waals surface area contributed by atoms with Gasteiger partial charge in [0.05, 0.1) is 25.2 Å². The van der Waals surface area contributed by atoms with Crippen molar-refractivity contribution in [3.8, 4) is 0 Å². The molecule has 3 N–H and O–H groups in total. The van der Waals surface area contributed by atoms with Gasteiger partial charge in [-0.3, -0.25) is 9.59 Å². The summed E-state index contributed by atoms with van der Waals surface area (Å²) in [6, 6.07) is -0.710. The lowest BCUT2D eigenvalue weighted by Crippen LogP contribution is -2.46. The Labute approximate surface area is 366 Å². The van der Waals surface area contributed by atoms with Crippen molar-refractivity contribution in [2.45, 2.75) is 270 Å². The van der Waals surface area contributed by atoms with Crippen molar-refractivity contribution < 1.29 is 24.5 Å². The number of aliphatic hydroxyl groups is 2. The molecule has 344 valence electrons. The minimum Gasteiger partial charge on any atom is -0.462 e. The van der Waals surface area contributed by atoms with Crippen molar-refractivity contribution in [2.24, 2.45) is 0 Å². The summed E-state index contributed by atoms with van der Waals surface area (Å²) in [5, 5.41) is 23.7. The van der Waals surface area contributed by atoms with Gasteiger partial charge < -0.3 is 20.3 Å². The van der Waals surface area contributed by atoms with Gasteiger partial charge in [0.25, 0.3) is 0 Å². The molecule has 0 aromatic rings. The van der Waals surface area contributed by atoms with E-state index >= 15 is 0 Å². The predicted octanol–water partition coefficient (Wildman–Crippen LogP) is 15.1. The maximum atomic E-state index is 13.2. The third-order valence-electron chi connectivity index (χ3n) is 11.4. The van der Waals surface area contributed by atoms with Crippen LogP contribution in [0, 0.1) is 0 Å². The average molecular weight is 828 g/mol. The summed E-state index contributed by atoms with van der Waals surface area (Å²) in [6.07, 6.45) is 56.0. The van der Waals surface area contributed by atoms with Crippen molar-refractivity contribution in [1.29, 1.82) is 0 Å². The summed E-state index contributed by atoms with van der Waals surface area (Å²) in [5.74, 6) is -0.517. The topological polar surface area (TPSA) is 95.9 Å². The smallest absolute Gasteiger partial charge is 0.306 e. The van der Waals surface area contributed by atoms with E-state index in [1.54, 1.807) is 0 Å². The Kier molecular flexibility index (Phi) is 45.1. The van der Waals surface area contributed by atoms with E-state index in [1.807, 2.05) is 0 Å². The lowest BCUT2D eigenvalue weighted by Gasteiger charge is -2.24. The van der Waals surface area contributed by atoms with Gasteiger partial charge in [-0.15, -0.1) is 0 Å². The zero-order valence-corrected chi connectivity index (χ0v) is 39.1. The van der Waals surface area contributed by atoms with Gasteiger partial charge in [-0.25, -0.2) is 0 Å². The van der Waals surface area contributed by atoms with Crippen LogP contribution in [-0.2, 0) is 14.3 Å². The van der Waals surface area contributed by atoms with E-state index in [0.29, 0.717) is 19.3 Å². The molecule has 59 heavy (non-hydrogen) atoms. The standard InChI is InChI=1S/C53H97NO5/c1-4-7-10-13-16-19-21-23-25-27-29-31-34-37-40-43-46-53(58)59-49(44-41-38-35-33-30-28-26-24-22-20-17-14-11-8-5-2)47-52(57)54-50(48-55)51(56)45-42-39-36-32-18-15-12-9-6-3/h17,20,24-27,29,31,49-51,55-56H,4-16,18-19,21-23,28,30,32-48H2,1-3H3,(H,54,57)/b20-17-,26-24-,27-25+,31-29+. The molecule has 0 heterocycles. The fraction of sp³-hybridized carbons (Fsp3) is 0.811.